The van der Waals surface area contributed by atoms with Crippen molar-refractivity contribution in [3.05, 3.63) is 12.4 Å². The van der Waals surface area contributed by atoms with Crippen LogP contribution in [0.4, 0.5) is 0 Å². The molecule has 0 saturated carbocycles. The van der Waals surface area contributed by atoms with Crippen LogP contribution in [0, 0.1) is 11.8 Å². The standard InChI is InChI=1S/C13H23N3O3S/c1-11(2)12-4-6-16(9-12)20(18,19)13-8-14-15(10-13)5-3-7-17/h8,10-12,17H,3-7,9H2,1-2H3. The Bertz CT molecular complexity index is 539. The van der Waals surface area contributed by atoms with Crippen molar-refractivity contribution in [1.29, 1.82) is 0 Å². The maximum absolute atomic E-state index is 12.5. The monoisotopic (exact) mass is 301 g/mol. The Morgan fingerprint density at radius 2 is 2.25 bits per heavy atom. The lowest BCUT2D eigenvalue weighted by Gasteiger charge is -2.17. The van der Waals surface area contributed by atoms with E-state index in [2.05, 4.69) is 18.9 Å². The molecular weight excluding hydrogens is 278 g/mol. The van der Waals surface area contributed by atoms with Crippen molar-refractivity contribution in [3.63, 3.8) is 0 Å². The highest BCUT2D eigenvalue weighted by Crippen LogP contribution is 2.28. The predicted octanol–water partition coefficient (Wildman–Crippen LogP) is 0.932. The minimum Gasteiger partial charge on any atom is -0.396 e. The molecule has 1 N–H and O–H groups in total. The lowest BCUT2D eigenvalue weighted by molar-refractivity contribution is 0.277. The third kappa shape index (κ3) is 3.21. The number of aliphatic hydroxyl groups is 1. The highest BCUT2D eigenvalue weighted by Gasteiger charge is 2.34. The molecule has 0 amide bonds. The molecule has 0 radical (unpaired) electrons. The molecule has 0 aliphatic carbocycles. The van der Waals surface area contributed by atoms with Gasteiger partial charge in [0.05, 0.1) is 6.20 Å². The molecule has 2 rings (SSSR count). The van der Waals surface area contributed by atoms with Gasteiger partial charge in [-0.2, -0.15) is 9.40 Å². The van der Waals surface area contributed by atoms with E-state index in [1.54, 1.807) is 15.2 Å². The van der Waals surface area contributed by atoms with Gasteiger partial charge in [-0.3, -0.25) is 4.68 Å². The summed E-state index contributed by atoms with van der Waals surface area (Å²) in [5.74, 6) is 0.941. The first-order chi connectivity index (χ1) is 9.45. The number of aryl methyl sites for hydroxylation is 1. The van der Waals surface area contributed by atoms with Gasteiger partial charge in [0, 0.05) is 32.4 Å². The first-order valence-corrected chi connectivity index (χ1v) is 8.52. The van der Waals surface area contributed by atoms with Crippen molar-refractivity contribution < 1.29 is 13.5 Å². The van der Waals surface area contributed by atoms with Gasteiger partial charge in [0.15, 0.2) is 0 Å². The summed E-state index contributed by atoms with van der Waals surface area (Å²) in [6.45, 7) is 6.06. The summed E-state index contributed by atoms with van der Waals surface area (Å²) in [7, 11) is -3.42. The third-order valence-corrected chi connectivity index (χ3v) is 5.74. The average molecular weight is 301 g/mol. The molecule has 1 aliphatic rings. The highest BCUT2D eigenvalue weighted by atomic mass is 32.2. The van der Waals surface area contributed by atoms with Gasteiger partial charge in [0.1, 0.15) is 4.90 Å². The Morgan fingerprint density at radius 3 is 2.85 bits per heavy atom. The molecule has 1 aromatic rings. The molecule has 1 aliphatic heterocycles. The second-order valence-electron chi connectivity index (χ2n) is 5.67. The average Bonchev–Trinajstić information content (AvgIpc) is 3.05. The lowest BCUT2D eigenvalue weighted by Crippen LogP contribution is -2.29. The molecule has 1 saturated heterocycles. The molecule has 6 nitrogen and oxygen atoms in total. The maximum atomic E-state index is 12.5. The van der Waals surface area contributed by atoms with Gasteiger partial charge < -0.3 is 5.11 Å². The van der Waals surface area contributed by atoms with E-state index in [0.717, 1.165) is 6.42 Å². The van der Waals surface area contributed by atoms with Crippen LogP contribution in [0.2, 0.25) is 0 Å². The van der Waals surface area contributed by atoms with Crippen LogP contribution in [0.1, 0.15) is 26.7 Å². The van der Waals surface area contributed by atoms with E-state index in [1.807, 2.05) is 0 Å². The zero-order valence-corrected chi connectivity index (χ0v) is 12.9. The van der Waals surface area contributed by atoms with Crippen LogP contribution in [0.25, 0.3) is 0 Å². The summed E-state index contributed by atoms with van der Waals surface area (Å²) in [6.07, 6.45) is 4.44. The molecule has 20 heavy (non-hydrogen) atoms. The van der Waals surface area contributed by atoms with E-state index in [4.69, 9.17) is 5.11 Å². The summed E-state index contributed by atoms with van der Waals surface area (Å²) in [6, 6.07) is 0. The van der Waals surface area contributed by atoms with Gasteiger partial charge in [-0.15, -0.1) is 0 Å². The minimum atomic E-state index is -3.42. The van der Waals surface area contributed by atoms with E-state index in [-0.39, 0.29) is 11.5 Å². The van der Waals surface area contributed by atoms with Crippen molar-refractivity contribution in [2.24, 2.45) is 11.8 Å². The van der Waals surface area contributed by atoms with Crippen molar-refractivity contribution in [1.82, 2.24) is 14.1 Å². The Balaban J connectivity index is 2.09. The van der Waals surface area contributed by atoms with Crippen LogP contribution in [0.3, 0.4) is 0 Å². The number of nitrogens with zero attached hydrogens (tertiary/aromatic N) is 3. The van der Waals surface area contributed by atoms with Crippen LogP contribution in [0.15, 0.2) is 17.3 Å². The Kier molecular flexibility index (Phi) is 4.82. The fourth-order valence-electron chi connectivity index (χ4n) is 2.50. The molecule has 1 atom stereocenters. The van der Waals surface area contributed by atoms with E-state index in [9.17, 15) is 8.42 Å². The summed E-state index contributed by atoms with van der Waals surface area (Å²) >= 11 is 0. The largest absolute Gasteiger partial charge is 0.396 e. The van der Waals surface area contributed by atoms with Gasteiger partial charge in [0.2, 0.25) is 10.0 Å². The number of sulfonamides is 1. The van der Waals surface area contributed by atoms with Crippen LogP contribution >= 0.6 is 0 Å². The molecule has 0 spiro atoms. The lowest BCUT2D eigenvalue weighted by atomic mass is 9.96. The number of aliphatic hydroxyl groups excluding tert-OH is 1. The van der Waals surface area contributed by atoms with Gasteiger partial charge in [0.25, 0.3) is 0 Å². The molecule has 0 aromatic carbocycles. The van der Waals surface area contributed by atoms with Crippen LogP contribution < -0.4 is 0 Å². The molecule has 114 valence electrons. The first-order valence-electron chi connectivity index (χ1n) is 7.08. The normalized spacial score (nSPS) is 20.9. The number of rotatable bonds is 6. The Morgan fingerprint density at radius 1 is 1.50 bits per heavy atom. The third-order valence-electron chi connectivity index (χ3n) is 3.92. The van der Waals surface area contributed by atoms with Gasteiger partial charge in [-0.1, -0.05) is 13.8 Å². The zero-order valence-electron chi connectivity index (χ0n) is 12.1. The van der Waals surface area contributed by atoms with Crippen molar-refractivity contribution in [3.8, 4) is 0 Å². The number of hydrogen-bond donors (Lipinski definition) is 1. The first kappa shape index (κ1) is 15.5. The minimum absolute atomic E-state index is 0.0735. The summed E-state index contributed by atoms with van der Waals surface area (Å²) in [5.41, 5.74) is 0. The predicted molar refractivity (Wildman–Crippen MR) is 75.6 cm³/mol. The van der Waals surface area contributed by atoms with Gasteiger partial charge in [-0.25, -0.2) is 8.42 Å². The van der Waals surface area contributed by atoms with E-state index >= 15 is 0 Å². The van der Waals surface area contributed by atoms with Gasteiger partial charge >= 0.3 is 0 Å². The van der Waals surface area contributed by atoms with Crippen LogP contribution in [0.5, 0.6) is 0 Å². The van der Waals surface area contributed by atoms with Crippen molar-refractivity contribution in [2.75, 3.05) is 19.7 Å². The Hall–Kier alpha value is -0.920. The quantitative estimate of drug-likeness (QED) is 0.848. The summed E-state index contributed by atoms with van der Waals surface area (Å²) in [5, 5.41) is 12.8. The van der Waals surface area contributed by atoms with Crippen molar-refractivity contribution in [2.45, 2.75) is 38.1 Å². The fraction of sp³-hybridized carbons (Fsp3) is 0.769. The highest BCUT2D eigenvalue weighted by molar-refractivity contribution is 7.89. The molecule has 1 unspecified atom stereocenters. The molecule has 1 aromatic heterocycles. The summed E-state index contributed by atoms with van der Waals surface area (Å²) in [4.78, 5) is 0.250. The topological polar surface area (TPSA) is 75.4 Å². The number of hydrogen-bond acceptors (Lipinski definition) is 4. The van der Waals surface area contributed by atoms with E-state index in [1.165, 1.54) is 6.20 Å². The molecular formula is C13H23N3O3S. The fourth-order valence-corrected chi connectivity index (χ4v) is 3.97. The molecule has 7 heteroatoms. The SMILES string of the molecule is CC(C)C1CCN(S(=O)(=O)c2cnn(CCCO)c2)C1. The van der Waals surface area contributed by atoms with Crippen LogP contribution in [-0.2, 0) is 16.6 Å². The van der Waals surface area contributed by atoms with Gasteiger partial charge in [-0.05, 0) is 24.7 Å². The smallest absolute Gasteiger partial charge is 0.246 e. The van der Waals surface area contributed by atoms with E-state index < -0.39 is 10.0 Å². The Labute approximate surface area is 120 Å². The maximum Gasteiger partial charge on any atom is 0.246 e. The summed E-state index contributed by atoms with van der Waals surface area (Å²) < 4.78 is 28.2. The second-order valence-corrected chi connectivity index (χ2v) is 7.61. The molecule has 2 heterocycles. The molecule has 0 bridgehead atoms. The number of aromatic nitrogens is 2. The van der Waals surface area contributed by atoms with Crippen LogP contribution in [-0.4, -0.2) is 47.3 Å². The van der Waals surface area contributed by atoms with Crippen molar-refractivity contribution >= 4 is 10.0 Å². The van der Waals surface area contributed by atoms with E-state index in [0.29, 0.717) is 37.9 Å². The molecule has 1 fully saturated rings. The second kappa shape index (κ2) is 6.24. The zero-order chi connectivity index (χ0) is 14.8.